The molecule has 0 atom stereocenters. The number of urea groups is 1. The predicted octanol–water partition coefficient (Wildman–Crippen LogP) is 1.86. The van der Waals surface area contributed by atoms with Gasteiger partial charge in [0.1, 0.15) is 0 Å². The molecule has 3 amide bonds. The van der Waals surface area contributed by atoms with Crippen molar-refractivity contribution in [1.82, 2.24) is 16.0 Å². The van der Waals surface area contributed by atoms with Gasteiger partial charge in [-0.3, -0.25) is 4.79 Å². The molecule has 0 aromatic rings. The van der Waals surface area contributed by atoms with E-state index in [0.717, 1.165) is 0 Å². The van der Waals surface area contributed by atoms with Crippen LogP contribution >= 0.6 is 24.0 Å². The van der Waals surface area contributed by atoms with Gasteiger partial charge in [-0.05, 0) is 6.92 Å². The summed E-state index contributed by atoms with van der Waals surface area (Å²) in [6, 6.07) is -0.187. The molecule has 0 aromatic carbocycles. The van der Waals surface area contributed by atoms with Crippen LogP contribution in [0.25, 0.3) is 0 Å². The Morgan fingerprint density at radius 1 is 0.905 bits per heavy atom. The van der Waals surface area contributed by atoms with Crippen molar-refractivity contribution in [2.45, 2.75) is 27.7 Å². The summed E-state index contributed by atoms with van der Waals surface area (Å²) in [5, 5.41) is 7.88. The van der Waals surface area contributed by atoms with E-state index in [9.17, 15) is 9.59 Å². The third-order valence-electron chi connectivity index (χ3n) is 1.86. The van der Waals surface area contributed by atoms with Crippen LogP contribution in [-0.2, 0) is 14.3 Å². The van der Waals surface area contributed by atoms with Gasteiger partial charge in [0.2, 0.25) is 5.91 Å². The highest BCUT2D eigenvalue weighted by Gasteiger charge is 1.96. The molecule has 0 saturated carbocycles. The average molecular weight is 425 g/mol. The van der Waals surface area contributed by atoms with Gasteiger partial charge in [-0.2, -0.15) is 0 Å². The Labute approximate surface area is 149 Å². The van der Waals surface area contributed by atoms with Crippen molar-refractivity contribution in [2.24, 2.45) is 0 Å². The van der Waals surface area contributed by atoms with Crippen LogP contribution in [0.4, 0.5) is 4.79 Å². The maximum Gasteiger partial charge on any atom is 0.314 e. The van der Waals surface area contributed by atoms with E-state index in [-0.39, 0.29) is 40.2 Å². The first-order valence-corrected chi connectivity index (χ1v) is 7.08. The Morgan fingerprint density at radius 2 is 1.38 bits per heavy atom. The molecule has 21 heavy (non-hydrogen) atoms. The number of carbonyl (C=O) groups is 2. The minimum absolute atomic E-state index is 0. The Kier molecular flexibility index (Phi) is 26.2. The van der Waals surface area contributed by atoms with Gasteiger partial charge in [-0.15, -0.1) is 24.0 Å². The van der Waals surface area contributed by atoms with Crippen molar-refractivity contribution in [1.29, 1.82) is 0 Å². The lowest BCUT2D eigenvalue weighted by atomic mass is 10.6. The summed E-state index contributed by atoms with van der Waals surface area (Å²) >= 11 is 0. The topological polar surface area (TPSA) is 88.7 Å². The average Bonchev–Trinajstić information content (AvgIpc) is 2.43. The molecule has 0 spiro atoms. The zero-order chi connectivity index (χ0) is 15.6. The van der Waals surface area contributed by atoms with Crippen molar-refractivity contribution in [3.63, 3.8) is 0 Å². The molecule has 134 valence electrons. The summed E-state index contributed by atoms with van der Waals surface area (Å²) in [6.45, 7) is 10.8. The van der Waals surface area contributed by atoms with E-state index < -0.39 is 0 Å². The first kappa shape index (κ1) is 25.3. The molecule has 8 heteroatoms. The van der Waals surface area contributed by atoms with Gasteiger partial charge in [-0.1, -0.05) is 13.8 Å². The van der Waals surface area contributed by atoms with Gasteiger partial charge in [0, 0.05) is 30.8 Å². The highest BCUT2D eigenvalue weighted by atomic mass is 127. The van der Waals surface area contributed by atoms with Gasteiger partial charge < -0.3 is 25.4 Å². The molecule has 0 unspecified atom stereocenters. The van der Waals surface area contributed by atoms with E-state index in [0.29, 0.717) is 46.1 Å². The molecular formula is C13H36IN3O4. The fourth-order valence-electron chi connectivity index (χ4n) is 1.08. The third kappa shape index (κ3) is 24.8. The molecule has 7 nitrogen and oxygen atoms in total. The number of hydrogen-bond donors (Lipinski definition) is 3. The number of amides is 3. The van der Waals surface area contributed by atoms with Crippen molar-refractivity contribution < 1.29 is 23.3 Å². The maximum absolute atomic E-state index is 11.0. The zero-order valence-corrected chi connectivity index (χ0v) is 15.8. The Morgan fingerprint density at radius 3 is 1.81 bits per heavy atom. The third-order valence-corrected chi connectivity index (χ3v) is 1.86. The Bertz CT molecular complexity index is 257. The van der Waals surface area contributed by atoms with E-state index in [1.807, 2.05) is 20.8 Å². The predicted molar refractivity (Wildman–Crippen MR) is 101 cm³/mol. The zero-order valence-electron chi connectivity index (χ0n) is 13.5. The maximum atomic E-state index is 11.0. The standard InChI is InChI=1S/C11H23N3O4.C2H6.HI.3H2/c1-3-12-11(16)14-5-7-18-9-8-17-6-4-13-10(2)15;1-2;;;;/h3-9H2,1-2H3,(H,13,15)(H2,12,14,16);1-2H3;4*1H. The summed E-state index contributed by atoms with van der Waals surface area (Å²) in [4.78, 5) is 21.5. The molecule has 0 heterocycles. The smallest absolute Gasteiger partial charge is 0.314 e. The first-order valence-electron chi connectivity index (χ1n) is 7.08. The second-order valence-corrected chi connectivity index (χ2v) is 3.49. The van der Waals surface area contributed by atoms with Crippen LogP contribution < -0.4 is 16.0 Å². The number of carbonyl (C=O) groups excluding carboxylic acids is 2. The van der Waals surface area contributed by atoms with E-state index in [1.54, 1.807) is 0 Å². The van der Waals surface area contributed by atoms with Gasteiger partial charge in [0.15, 0.2) is 0 Å². The minimum Gasteiger partial charge on any atom is -0.377 e. The molecule has 0 fully saturated rings. The van der Waals surface area contributed by atoms with Crippen LogP contribution in [0.15, 0.2) is 0 Å². The summed E-state index contributed by atoms with van der Waals surface area (Å²) in [5.74, 6) is -0.0636. The molecule has 0 saturated heterocycles. The number of halogens is 1. The SMILES string of the molecule is CC.CCNC(=O)NCCOCCOCCNC(C)=O.I.[HH].[HH].[HH]. The van der Waals surface area contributed by atoms with Crippen molar-refractivity contribution >= 4 is 35.9 Å². The molecule has 0 aliphatic rings. The Hall–Kier alpha value is -0.610. The molecule has 0 aliphatic carbocycles. The van der Waals surface area contributed by atoms with Crippen LogP contribution in [-0.4, -0.2) is 58.0 Å². The summed E-state index contributed by atoms with van der Waals surface area (Å²) in [7, 11) is 0. The molecule has 3 N–H and O–H groups in total. The minimum atomic E-state index is -0.187. The Balaban J connectivity index is -0.000000130. The molecular weight excluding hydrogens is 389 g/mol. The van der Waals surface area contributed by atoms with Crippen LogP contribution in [0.3, 0.4) is 0 Å². The lowest BCUT2D eigenvalue weighted by molar-refractivity contribution is -0.119. The van der Waals surface area contributed by atoms with Crippen molar-refractivity contribution in [3.05, 3.63) is 0 Å². The van der Waals surface area contributed by atoms with Gasteiger partial charge >= 0.3 is 6.03 Å². The number of ether oxygens (including phenoxy) is 2. The van der Waals surface area contributed by atoms with Gasteiger partial charge in [-0.25, -0.2) is 4.79 Å². The number of rotatable bonds is 10. The summed E-state index contributed by atoms with van der Waals surface area (Å²) in [6.07, 6.45) is 0. The molecule has 0 aliphatic heterocycles. The fraction of sp³-hybridized carbons (Fsp3) is 0.846. The lowest BCUT2D eigenvalue weighted by Gasteiger charge is -2.07. The summed E-state index contributed by atoms with van der Waals surface area (Å²) < 4.78 is 10.4. The second-order valence-electron chi connectivity index (χ2n) is 3.49. The van der Waals surface area contributed by atoms with E-state index >= 15 is 0 Å². The number of hydrogen-bond acceptors (Lipinski definition) is 4. The largest absolute Gasteiger partial charge is 0.377 e. The second kappa shape index (κ2) is 21.7. The van der Waals surface area contributed by atoms with Crippen LogP contribution in [0.5, 0.6) is 0 Å². The first-order chi connectivity index (χ1) is 9.66. The summed E-state index contributed by atoms with van der Waals surface area (Å²) in [5.41, 5.74) is 0. The molecule has 0 aromatic heterocycles. The highest BCUT2D eigenvalue weighted by molar-refractivity contribution is 14.0. The van der Waals surface area contributed by atoms with Crippen molar-refractivity contribution in [2.75, 3.05) is 46.1 Å². The normalized spacial score (nSPS) is 8.76. The highest BCUT2D eigenvalue weighted by Crippen LogP contribution is 1.78. The molecule has 0 rings (SSSR count). The number of nitrogens with one attached hydrogen (secondary N) is 3. The van der Waals surface area contributed by atoms with Crippen LogP contribution in [0, 0.1) is 0 Å². The van der Waals surface area contributed by atoms with Crippen molar-refractivity contribution in [3.8, 4) is 0 Å². The van der Waals surface area contributed by atoms with Gasteiger partial charge in [0.25, 0.3) is 0 Å². The van der Waals surface area contributed by atoms with Crippen LogP contribution in [0.2, 0.25) is 0 Å². The van der Waals surface area contributed by atoms with Crippen LogP contribution in [0.1, 0.15) is 32.0 Å². The molecule has 0 radical (unpaired) electrons. The van der Waals surface area contributed by atoms with E-state index in [2.05, 4.69) is 16.0 Å². The molecule has 0 bridgehead atoms. The lowest BCUT2D eigenvalue weighted by Crippen LogP contribution is -2.37. The monoisotopic (exact) mass is 425 g/mol. The van der Waals surface area contributed by atoms with E-state index in [1.165, 1.54) is 6.92 Å². The van der Waals surface area contributed by atoms with Gasteiger partial charge in [0.05, 0.1) is 26.4 Å². The quantitative estimate of drug-likeness (QED) is 0.368. The van der Waals surface area contributed by atoms with E-state index in [4.69, 9.17) is 9.47 Å². The fourth-order valence-corrected chi connectivity index (χ4v) is 1.08.